The molecule has 0 aliphatic heterocycles. The molecular formula is C16H16O2S. The Morgan fingerprint density at radius 2 is 2.00 bits per heavy atom. The van der Waals surface area contributed by atoms with Crippen molar-refractivity contribution in [1.82, 2.24) is 0 Å². The lowest BCUT2D eigenvalue weighted by Crippen LogP contribution is -2.06. The van der Waals surface area contributed by atoms with Gasteiger partial charge in [-0.05, 0) is 35.1 Å². The van der Waals surface area contributed by atoms with E-state index >= 15 is 0 Å². The van der Waals surface area contributed by atoms with E-state index in [1.165, 1.54) is 6.08 Å². The van der Waals surface area contributed by atoms with Crippen LogP contribution >= 0.6 is 11.3 Å². The lowest BCUT2D eigenvalue weighted by Gasteiger charge is -2.11. The lowest BCUT2D eigenvalue weighted by atomic mass is 10.0. The second kappa shape index (κ2) is 6.34. The minimum atomic E-state index is -0.346. The number of hydrogen-bond donors (Lipinski definition) is 0. The molecule has 0 aliphatic carbocycles. The van der Waals surface area contributed by atoms with E-state index in [4.69, 9.17) is 4.74 Å². The molecule has 0 unspecified atom stereocenters. The number of ether oxygens (including phenoxy) is 1. The zero-order valence-electron chi connectivity index (χ0n) is 11.0. The van der Waals surface area contributed by atoms with Crippen LogP contribution in [0.4, 0.5) is 0 Å². The molecule has 1 aromatic carbocycles. The molecule has 1 aromatic heterocycles. The van der Waals surface area contributed by atoms with Crippen molar-refractivity contribution >= 4 is 23.4 Å². The van der Waals surface area contributed by atoms with E-state index in [1.807, 2.05) is 41.8 Å². The van der Waals surface area contributed by atoms with E-state index in [9.17, 15) is 4.79 Å². The zero-order valence-corrected chi connectivity index (χ0v) is 11.8. The first-order valence-electron chi connectivity index (χ1n) is 6.19. The van der Waals surface area contributed by atoms with Crippen LogP contribution in [0, 0.1) is 0 Å². The minimum Gasteiger partial charge on any atom is -0.423 e. The molecule has 0 N–H and O–H groups in total. The molecule has 0 atom stereocenters. The Hall–Kier alpha value is -1.87. The number of thiophene rings is 1. The lowest BCUT2D eigenvalue weighted by molar-refractivity contribution is -0.128. The molecule has 0 bridgehead atoms. The van der Waals surface area contributed by atoms with E-state index in [1.54, 1.807) is 17.4 Å². The third-order valence-electron chi connectivity index (χ3n) is 2.68. The fourth-order valence-electron chi connectivity index (χ4n) is 1.73. The Labute approximate surface area is 117 Å². The molecule has 0 spiro atoms. The molecule has 19 heavy (non-hydrogen) atoms. The van der Waals surface area contributed by atoms with Crippen molar-refractivity contribution in [3.63, 3.8) is 0 Å². The third kappa shape index (κ3) is 3.80. The molecule has 3 heteroatoms. The number of rotatable bonds is 4. The zero-order chi connectivity index (χ0) is 13.7. The van der Waals surface area contributed by atoms with Crippen molar-refractivity contribution in [2.75, 3.05) is 0 Å². The fraction of sp³-hybridized carbons (Fsp3) is 0.188. The van der Waals surface area contributed by atoms with Crippen molar-refractivity contribution in [3.8, 4) is 5.75 Å². The topological polar surface area (TPSA) is 26.3 Å². The molecule has 2 nitrogen and oxygen atoms in total. The standard InChI is InChI=1S/C16H16O2S/c1-12(2)14-7-3-4-8-15(14)18-16(17)10-9-13-6-5-11-19-13/h3-12H,1-2H3/b10-9+. The maximum Gasteiger partial charge on any atom is 0.336 e. The summed E-state index contributed by atoms with van der Waals surface area (Å²) in [6.45, 7) is 4.16. The Morgan fingerprint density at radius 3 is 2.68 bits per heavy atom. The SMILES string of the molecule is CC(C)c1ccccc1OC(=O)/C=C/c1cccs1. The van der Waals surface area contributed by atoms with E-state index in [2.05, 4.69) is 13.8 Å². The van der Waals surface area contributed by atoms with Gasteiger partial charge in [0.05, 0.1) is 0 Å². The number of hydrogen-bond acceptors (Lipinski definition) is 3. The summed E-state index contributed by atoms with van der Waals surface area (Å²) >= 11 is 1.58. The van der Waals surface area contributed by atoms with Crippen molar-refractivity contribution < 1.29 is 9.53 Å². The number of para-hydroxylation sites is 1. The first kappa shape index (κ1) is 13.6. The maximum atomic E-state index is 11.8. The second-order valence-electron chi connectivity index (χ2n) is 4.46. The van der Waals surface area contributed by atoms with Gasteiger partial charge in [-0.2, -0.15) is 0 Å². The van der Waals surface area contributed by atoms with Crippen LogP contribution in [0.1, 0.15) is 30.2 Å². The predicted octanol–water partition coefficient (Wildman–Crippen LogP) is 4.49. The highest BCUT2D eigenvalue weighted by molar-refractivity contribution is 7.10. The second-order valence-corrected chi connectivity index (χ2v) is 5.44. The summed E-state index contributed by atoms with van der Waals surface area (Å²) in [6.07, 6.45) is 3.23. The molecule has 0 aliphatic rings. The smallest absolute Gasteiger partial charge is 0.336 e. The van der Waals surface area contributed by atoms with Gasteiger partial charge in [-0.15, -0.1) is 11.3 Å². The normalized spacial score (nSPS) is 11.1. The van der Waals surface area contributed by atoms with Gasteiger partial charge in [0.25, 0.3) is 0 Å². The monoisotopic (exact) mass is 272 g/mol. The van der Waals surface area contributed by atoms with Crippen molar-refractivity contribution in [3.05, 3.63) is 58.3 Å². The number of esters is 1. The van der Waals surface area contributed by atoms with Crippen LogP contribution in [0.5, 0.6) is 5.75 Å². The van der Waals surface area contributed by atoms with Gasteiger partial charge in [0.2, 0.25) is 0 Å². The Balaban J connectivity index is 2.07. The average Bonchev–Trinajstić information content (AvgIpc) is 2.90. The van der Waals surface area contributed by atoms with Gasteiger partial charge < -0.3 is 4.74 Å². The molecule has 0 amide bonds. The molecule has 98 valence electrons. The summed E-state index contributed by atoms with van der Waals surface area (Å²) in [6, 6.07) is 11.5. The quantitative estimate of drug-likeness (QED) is 0.465. The number of benzene rings is 1. The van der Waals surface area contributed by atoms with Gasteiger partial charge in [0, 0.05) is 11.0 Å². The highest BCUT2D eigenvalue weighted by atomic mass is 32.1. The van der Waals surface area contributed by atoms with Crippen molar-refractivity contribution in [2.24, 2.45) is 0 Å². The van der Waals surface area contributed by atoms with Crippen LogP contribution in [-0.4, -0.2) is 5.97 Å². The number of carbonyl (C=O) groups is 1. The van der Waals surface area contributed by atoms with Gasteiger partial charge in [-0.3, -0.25) is 0 Å². The van der Waals surface area contributed by atoms with E-state index < -0.39 is 0 Å². The fourth-order valence-corrected chi connectivity index (χ4v) is 2.35. The molecule has 2 aromatic rings. The molecule has 0 saturated carbocycles. The average molecular weight is 272 g/mol. The van der Waals surface area contributed by atoms with E-state index in [-0.39, 0.29) is 5.97 Å². The van der Waals surface area contributed by atoms with Crippen LogP contribution < -0.4 is 4.74 Å². The van der Waals surface area contributed by atoms with E-state index in [0.717, 1.165) is 10.4 Å². The Kier molecular flexibility index (Phi) is 4.53. The van der Waals surface area contributed by atoms with Crippen LogP contribution in [-0.2, 0) is 4.79 Å². The first-order valence-corrected chi connectivity index (χ1v) is 7.07. The molecular weight excluding hydrogens is 256 g/mol. The van der Waals surface area contributed by atoms with Crippen LogP contribution in [0.25, 0.3) is 6.08 Å². The summed E-state index contributed by atoms with van der Waals surface area (Å²) in [5.41, 5.74) is 1.04. The summed E-state index contributed by atoms with van der Waals surface area (Å²) in [5.74, 6) is 0.616. The van der Waals surface area contributed by atoms with Gasteiger partial charge in [-0.25, -0.2) is 4.79 Å². The van der Waals surface area contributed by atoms with Gasteiger partial charge in [0.15, 0.2) is 0 Å². The van der Waals surface area contributed by atoms with Crippen LogP contribution in [0.3, 0.4) is 0 Å². The number of carbonyl (C=O) groups excluding carboxylic acids is 1. The predicted molar refractivity (Wildman–Crippen MR) is 79.5 cm³/mol. The summed E-state index contributed by atoms with van der Waals surface area (Å²) < 4.78 is 5.38. The molecule has 0 fully saturated rings. The van der Waals surface area contributed by atoms with Crippen molar-refractivity contribution in [1.29, 1.82) is 0 Å². The highest BCUT2D eigenvalue weighted by Gasteiger charge is 2.09. The van der Waals surface area contributed by atoms with Gasteiger partial charge >= 0.3 is 5.97 Å². The van der Waals surface area contributed by atoms with E-state index in [0.29, 0.717) is 11.7 Å². The Bertz CT molecular complexity index is 568. The minimum absolute atomic E-state index is 0.324. The molecule has 1 heterocycles. The maximum absolute atomic E-state index is 11.8. The summed E-state index contributed by atoms with van der Waals surface area (Å²) in [4.78, 5) is 12.8. The van der Waals surface area contributed by atoms with Crippen molar-refractivity contribution in [2.45, 2.75) is 19.8 Å². The third-order valence-corrected chi connectivity index (χ3v) is 3.52. The molecule has 0 radical (unpaired) electrons. The van der Waals surface area contributed by atoms with Gasteiger partial charge in [0.1, 0.15) is 5.75 Å². The van der Waals surface area contributed by atoms with Crippen LogP contribution in [0.2, 0.25) is 0 Å². The summed E-state index contributed by atoms with van der Waals surface area (Å²) in [7, 11) is 0. The first-order chi connectivity index (χ1) is 9.16. The molecule has 2 rings (SSSR count). The molecule has 0 saturated heterocycles. The van der Waals surface area contributed by atoms with Gasteiger partial charge in [-0.1, -0.05) is 38.1 Å². The Morgan fingerprint density at radius 1 is 1.21 bits per heavy atom. The largest absolute Gasteiger partial charge is 0.423 e. The van der Waals surface area contributed by atoms with Crippen LogP contribution in [0.15, 0.2) is 47.9 Å². The highest BCUT2D eigenvalue weighted by Crippen LogP contribution is 2.26. The summed E-state index contributed by atoms with van der Waals surface area (Å²) in [5, 5.41) is 1.97.